The minimum absolute atomic E-state index is 0.0313. The van der Waals surface area contributed by atoms with Crippen LogP contribution in [0.4, 0.5) is 0 Å². The third-order valence-electron chi connectivity index (χ3n) is 13.0. The summed E-state index contributed by atoms with van der Waals surface area (Å²) in [6.45, 7) is 26.2. The van der Waals surface area contributed by atoms with Gasteiger partial charge >= 0.3 is 0 Å². The highest BCUT2D eigenvalue weighted by Crippen LogP contribution is 2.70. The van der Waals surface area contributed by atoms with Crippen LogP contribution in [0.2, 0.25) is 0 Å². The first-order valence-corrected chi connectivity index (χ1v) is 16.5. The number of ketones is 2. The van der Waals surface area contributed by atoms with Gasteiger partial charge in [0.25, 0.3) is 0 Å². The molecule has 236 valence electrons. The van der Waals surface area contributed by atoms with Crippen LogP contribution in [-0.4, -0.2) is 21.8 Å². The van der Waals surface area contributed by atoms with Gasteiger partial charge in [-0.1, -0.05) is 101 Å². The van der Waals surface area contributed by atoms with Crippen LogP contribution in [0.25, 0.3) is 0 Å². The van der Waals surface area contributed by atoms with Crippen LogP contribution in [0, 0.1) is 50.2 Å². The van der Waals surface area contributed by atoms with Crippen molar-refractivity contribution in [1.29, 1.82) is 5.26 Å². The van der Waals surface area contributed by atoms with E-state index < -0.39 is 10.8 Å². The molecule has 1 unspecified atom stereocenters. The van der Waals surface area contributed by atoms with Crippen molar-refractivity contribution in [3.8, 4) is 6.07 Å². The highest BCUT2D eigenvalue weighted by molar-refractivity contribution is 6.04. The van der Waals surface area contributed by atoms with Gasteiger partial charge in [-0.2, -0.15) is 5.26 Å². The second-order valence-electron chi connectivity index (χ2n) is 16.7. The summed E-state index contributed by atoms with van der Waals surface area (Å²) in [6.07, 6.45) is 10.3. The fourth-order valence-electron chi connectivity index (χ4n) is 8.73. The van der Waals surface area contributed by atoms with E-state index in [0.29, 0.717) is 11.8 Å². The molecule has 1 aromatic rings. The van der Waals surface area contributed by atoms with Gasteiger partial charge in [0.1, 0.15) is 6.07 Å². The summed E-state index contributed by atoms with van der Waals surface area (Å²) in [4.78, 5) is 27.2. The number of aromatic nitrogens is 2. The molecule has 6 atom stereocenters. The van der Waals surface area contributed by atoms with E-state index >= 15 is 0 Å². The van der Waals surface area contributed by atoms with Crippen molar-refractivity contribution in [3.05, 3.63) is 35.1 Å². The summed E-state index contributed by atoms with van der Waals surface area (Å²) in [5.41, 5.74) is -0.628. The highest BCUT2D eigenvalue weighted by atomic mass is 16.4. The zero-order valence-corrected chi connectivity index (χ0v) is 28.9. The number of Topliss-reactive ketones (excluding diaryl/α,β-unsaturated/α-hetero) is 1. The molecule has 0 aromatic carbocycles. The fourth-order valence-corrected chi connectivity index (χ4v) is 8.73. The van der Waals surface area contributed by atoms with Gasteiger partial charge in [0.2, 0.25) is 11.8 Å². The Hall–Kier alpha value is -2.55. The van der Waals surface area contributed by atoms with E-state index in [1.54, 1.807) is 0 Å². The first kappa shape index (κ1) is 33.3. The fraction of sp³-hybridized carbons (Fsp3) is 0.757. The zero-order chi connectivity index (χ0) is 32.4. The Kier molecular flexibility index (Phi) is 8.38. The van der Waals surface area contributed by atoms with Crippen molar-refractivity contribution in [2.45, 2.75) is 139 Å². The van der Waals surface area contributed by atoms with Gasteiger partial charge in [0.05, 0.1) is 5.57 Å². The lowest BCUT2D eigenvalue weighted by Crippen LogP contribution is -2.59. The summed E-state index contributed by atoms with van der Waals surface area (Å²) in [6, 6.07) is 2.20. The molecule has 6 nitrogen and oxygen atoms in total. The van der Waals surface area contributed by atoms with E-state index in [0.717, 1.165) is 50.5 Å². The van der Waals surface area contributed by atoms with Crippen LogP contribution in [0.5, 0.6) is 0 Å². The maximum atomic E-state index is 13.9. The van der Waals surface area contributed by atoms with Crippen LogP contribution in [0.1, 0.15) is 146 Å². The van der Waals surface area contributed by atoms with Crippen LogP contribution in [0.15, 0.2) is 27.7 Å². The molecule has 0 spiro atoms. The summed E-state index contributed by atoms with van der Waals surface area (Å²) in [5, 5.41) is 19.0. The van der Waals surface area contributed by atoms with E-state index in [1.807, 2.05) is 26.0 Å². The first-order valence-electron chi connectivity index (χ1n) is 16.5. The maximum Gasteiger partial charge on any atom is 0.222 e. The molecule has 43 heavy (non-hydrogen) atoms. The molecule has 3 aliphatic rings. The number of hydrogen-bond acceptors (Lipinski definition) is 6. The van der Waals surface area contributed by atoms with Gasteiger partial charge in [0, 0.05) is 28.1 Å². The molecule has 3 aliphatic carbocycles. The third-order valence-corrected chi connectivity index (χ3v) is 13.0. The molecule has 0 amide bonds. The SMILES string of the molecule is CCC(C)(C)CC[C@@](C)(CC[C@]1(C)C(C)C(=O)C=C2[C@@]3(C)C=C(C#N)C(=O)C(C)(C)[C@@H]3CC[C@]21C)c1nnc(C(C)C)o1. The zero-order valence-electron chi connectivity index (χ0n) is 28.9. The number of allylic oxidation sites excluding steroid dienone is 4. The molecular weight excluding hydrogens is 534 g/mol. The third kappa shape index (κ3) is 5.17. The lowest BCUT2D eigenvalue weighted by molar-refractivity contribution is -0.137. The molecule has 0 N–H and O–H groups in total. The van der Waals surface area contributed by atoms with Gasteiger partial charge < -0.3 is 4.42 Å². The summed E-state index contributed by atoms with van der Waals surface area (Å²) in [7, 11) is 0. The molecular formula is C37H55N3O3. The predicted octanol–water partition coefficient (Wildman–Crippen LogP) is 9.08. The van der Waals surface area contributed by atoms with Gasteiger partial charge in [-0.25, -0.2) is 0 Å². The van der Waals surface area contributed by atoms with Crippen LogP contribution in [-0.2, 0) is 15.0 Å². The molecule has 0 radical (unpaired) electrons. The molecule has 0 aliphatic heterocycles. The van der Waals surface area contributed by atoms with E-state index in [4.69, 9.17) is 4.42 Å². The summed E-state index contributed by atoms with van der Waals surface area (Å²) >= 11 is 0. The number of carbonyl (C=O) groups excluding carboxylic acids is 2. The Morgan fingerprint density at radius 3 is 2.28 bits per heavy atom. The lowest BCUT2D eigenvalue weighted by Gasteiger charge is -2.64. The molecule has 1 fully saturated rings. The maximum absolute atomic E-state index is 13.9. The van der Waals surface area contributed by atoms with Crippen molar-refractivity contribution >= 4 is 11.6 Å². The quantitative estimate of drug-likeness (QED) is 0.285. The molecule has 1 heterocycles. The standard InChI is InChI=1S/C37H55N3O3/c1-13-32(5,6)16-17-34(9,31-40-39-30(43-31)23(2)3)18-19-36(11)24(4)26(41)20-28-35(10)21-25(22-38)29(42)33(7,8)27(35)14-15-37(28,36)12/h20-21,23-24,27H,13-19H2,1-12H3/t24?,27-,34-,35-,36+,37+/m0/s1. The van der Waals surface area contributed by atoms with Crippen molar-refractivity contribution in [2.24, 2.45) is 38.9 Å². The van der Waals surface area contributed by atoms with E-state index in [2.05, 4.69) is 85.5 Å². The van der Waals surface area contributed by atoms with Crippen molar-refractivity contribution in [1.82, 2.24) is 10.2 Å². The Balaban J connectivity index is 1.77. The van der Waals surface area contributed by atoms with E-state index in [-0.39, 0.29) is 56.6 Å². The first-order chi connectivity index (χ1) is 19.7. The molecule has 1 saturated carbocycles. The second kappa shape index (κ2) is 10.8. The van der Waals surface area contributed by atoms with Gasteiger partial charge in [-0.05, 0) is 66.8 Å². The number of rotatable bonds is 9. The number of fused-ring (bicyclic) bond motifs is 3. The Morgan fingerprint density at radius 2 is 1.72 bits per heavy atom. The number of nitrogens with zero attached hydrogens (tertiary/aromatic N) is 3. The average molecular weight is 590 g/mol. The van der Waals surface area contributed by atoms with E-state index in [9.17, 15) is 14.9 Å². The monoisotopic (exact) mass is 589 g/mol. The van der Waals surface area contributed by atoms with Crippen molar-refractivity contribution in [2.75, 3.05) is 0 Å². The Morgan fingerprint density at radius 1 is 1.07 bits per heavy atom. The second-order valence-corrected chi connectivity index (χ2v) is 16.7. The highest BCUT2D eigenvalue weighted by Gasteiger charge is 2.64. The normalized spacial score (nSPS) is 33.7. The molecule has 1 aromatic heterocycles. The van der Waals surface area contributed by atoms with Crippen molar-refractivity contribution in [3.63, 3.8) is 0 Å². The van der Waals surface area contributed by atoms with E-state index in [1.165, 1.54) is 0 Å². The minimum Gasteiger partial charge on any atom is -0.424 e. The average Bonchev–Trinajstić information content (AvgIpc) is 3.45. The Labute approximate surface area is 260 Å². The topological polar surface area (TPSA) is 96.8 Å². The number of hydrogen-bond donors (Lipinski definition) is 0. The van der Waals surface area contributed by atoms with Crippen LogP contribution in [0.3, 0.4) is 0 Å². The van der Waals surface area contributed by atoms with Gasteiger partial charge in [-0.3, -0.25) is 9.59 Å². The lowest BCUT2D eigenvalue weighted by atomic mass is 9.39. The van der Waals surface area contributed by atoms with Gasteiger partial charge in [-0.15, -0.1) is 10.2 Å². The van der Waals surface area contributed by atoms with Crippen LogP contribution < -0.4 is 0 Å². The number of nitriles is 1. The summed E-state index contributed by atoms with van der Waals surface area (Å²) in [5.74, 6) is 1.46. The predicted molar refractivity (Wildman–Crippen MR) is 170 cm³/mol. The van der Waals surface area contributed by atoms with Gasteiger partial charge in [0.15, 0.2) is 11.6 Å². The minimum atomic E-state index is -0.671. The molecule has 0 saturated heterocycles. The smallest absolute Gasteiger partial charge is 0.222 e. The summed E-state index contributed by atoms with van der Waals surface area (Å²) < 4.78 is 6.33. The molecule has 6 heteroatoms. The van der Waals surface area contributed by atoms with Crippen LogP contribution >= 0.6 is 0 Å². The largest absolute Gasteiger partial charge is 0.424 e. The molecule has 0 bridgehead atoms. The Bertz CT molecular complexity index is 1390. The van der Waals surface area contributed by atoms with Crippen molar-refractivity contribution < 1.29 is 14.0 Å². The molecule has 4 rings (SSSR count). The number of carbonyl (C=O) groups is 2.